The molecule has 0 saturated heterocycles. The maximum absolute atomic E-state index is 6.64. The predicted octanol–water partition coefficient (Wildman–Crippen LogP) is 11.8. The first-order valence-electron chi connectivity index (χ1n) is 17.6. The molecule has 0 atom stereocenters. The highest BCUT2D eigenvalue weighted by atomic mass is 16.5. The summed E-state index contributed by atoms with van der Waals surface area (Å²) in [4.78, 5) is 14.3. The van der Waals surface area contributed by atoms with Gasteiger partial charge >= 0.3 is 0 Å². The fourth-order valence-corrected chi connectivity index (χ4v) is 7.60. The minimum Gasteiger partial charge on any atom is -0.457 e. The third-order valence-corrected chi connectivity index (χ3v) is 10.1. The van der Waals surface area contributed by atoms with Crippen LogP contribution in [0.3, 0.4) is 0 Å². The molecule has 0 fully saturated rings. The lowest BCUT2D eigenvalue weighted by Crippen LogP contribution is -2.24. The SMILES string of the molecule is CC(C)(C)c1ccnc(-n2c3ccccc3c3ccc(Oc4cccc(N5CN(c6cccc7oc8ccccc8c67)c6ncccc65)c4)cc32)c1. The highest BCUT2D eigenvalue weighted by Gasteiger charge is 2.31. The Morgan fingerprint density at radius 1 is 0.596 bits per heavy atom. The predicted molar refractivity (Wildman–Crippen MR) is 211 cm³/mol. The van der Waals surface area contributed by atoms with Gasteiger partial charge in [-0.3, -0.25) is 4.57 Å². The van der Waals surface area contributed by atoms with Crippen molar-refractivity contribution < 1.29 is 9.15 Å². The highest BCUT2D eigenvalue weighted by Crippen LogP contribution is 2.47. The van der Waals surface area contributed by atoms with E-state index in [-0.39, 0.29) is 5.41 Å². The van der Waals surface area contributed by atoms with Gasteiger partial charge in [-0.15, -0.1) is 0 Å². The Morgan fingerprint density at radius 2 is 1.37 bits per heavy atom. The van der Waals surface area contributed by atoms with Gasteiger partial charge in [-0.1, -0.05) is 69.3 Å². The van der Waals surface area contributed by atoms with Crippen LogP contribution in [-0.2, 0) is 5.41 Å². The molecule has 1 aliphatic heterocycles. The molecule has 0 saturated carbocycles. The molecule has 9 aromatic rings. The van der Waals surface area contributed by atoms with Gasteiger partial charge in [-0.2, -0.15) is 0 Å². The zero-order valence-electron chi connectivity index (χ0n) is 29.1. The smallest absolute Gasteiger partial charge is 0.158 e. The molecule has 5 aromatic carbocycles. The van der Waals surface area contributed by atoms with Crippen molar-refractivity contribution >= 4 is 66.6 Å². The lowest BCUT2D eigenvalue weighted by atomic mass is 9.88. The summed E-state index contributed by atoms with van der Waals surface area (Å²) in [5, 5.41) is 4.51. The second-order valence-corrected chi connectivity index (χ2v) is 14.4. The fraction of sp³-hybridized carbons (Fsp3) is 0.111. The van der Waals surface area contributed by atoms with Crippen LogP contribution in [0.1, 0.15) is 26.3 Å². The lowest BCUT2D eigenvalue weighted by molar-refractivity contribution is 0.483. The number of ether oxygens (including phenoxy) is 1. The van der Waals surface area contributed by atoms with Crippen LogP contribution in [0.4, 0.5) is 22.9 Å². The van der Waals surface area contributed by atoms with E-state index in [1.54, 1.807) is 0 Å². The average Bonchev–Trinajstić information content (AvgIpc) is 3.84. The Bertz CT molecular complexity index is 2830. The van der Waals surface area contributed by atoms with Gasteiger partial charge in [0, 0.05) is 46.4 Å². The second-order valence-electron chi connectivity index (χ2n) is 14.4. The summed E-state index contributed by atoms with van der Waals surface area (Å²) in [5.41, 5.74) is 8.23. The molecule has 0 bridgehead atoms. The third kappa shape index (κ3) is 4.81. The molecule has 252 valence electrons. The van der Waals surface area contributed by atoms with E-state index < -0.39 is 0 Å². The number of hydrogen-bond acceptors (Lipinski definition) is 6. The molecule has 0 unspecified atom stereocenters. The van der Waals surface area contributed by atoms with E-state index in [0.717, 1.165) is 78.6 Å². The molecule has 0 radical (unpaired) electrons. The Hall–Kier alpha value is -6.60. The van der Waals surface area contributed by atoms with Crippen LogP contribution >= 0.6 is 0 Å². The van der Waals surface area contributed by atoms with E-state index in [1.165, 1.54) is 10.9 Å². The number of rotatable bonds is 5. The van der Waals surface area contributed by atoms with E-state index in [4.69, 9.17) is 19.1 Å². The molecule has 10 rings (SSSR count). The summed E-state index contributed by atoms with van der Waals surface area (Å²) < 4.78 is 15.1. The Kier molecular flexibility index (Phi) is 6.67. The van der Waals surface area contributed by atoms with E-state index in [1.807, 2.05) is 54.9 Å². The summed E-state index contributed by atoms with van der Waals surface area (Å²) in [6, 6.07) is 46.0. The monoisotopic (exact) mass is 677 g/mol. The normalized spacial score (nSPS) is 13.1. The van der Waals surface area contributed by atoms with Crippen molar-refractivity contribution in [3.8, 4) is 17.3 Å². The first-order chi connectivity index (χ1) is 25.4. The van der Waals surface area contributed by atoms with E-state index in [0.29, 0.717) is 6.67 Å². The minimum atomic E-state index is -0.000346. The molecule has 0 N–H and O–H groups in total. The van der Waals surface area contributed by atoms with Crippen molar-refractivity contribution in [2.75, 3.05) is 16.5 Å². The number of fused-ring (bicyclic) bond motifs is 7. The van der Waals surface area contributed by atoms with Crippen molar-refractivity contribution in [1.29, 1.82) is 0 Å². The van der Waals surface area contributed by atoms with Crippen LogP contribution in [0.15, 0.2) is 150 Å². The van der Waals surface area contributed by atoms with Gasteiger partial charge in [-0.05, 0) is 83.8 Å². The molecule has 0 amide bonds. The molecule has 1 aliphatic rings. The first-order valence-corrected chi connectivity index (χ1v) is 17.6. The molecule has 7 heteroatoms. The number of furan rings is 1. The molecule has 7 nitrogen and oxygen atoms in total. The van der Waals surface area contributed by atoms with Crippen molar-refractivity contribution in [2.45, 2.75) is 26.2 Å². The van der Waals surface area contributed by atoms with Gasteiger partial charge in [-0.25, -0.2) is 9.97 Å². The molecule has 5 heterocycles. The maximum Gasteiger partial charge on any atom is 0.158 e. The van der Waals surface area contributed by atoms with Gasteiger partial charge in [0.05, 0.1) is 27.8 Å². The van der Waals surface area contributed by atoms with Gasteiger partial charge in [0.1, 0.15) is 35.2 Å². The summed E-state index contributed by atoms with van der Waals surface area (Å²) in [5.74, 6) is 3.29. The topological polar surface area (TPSA) is 59.6 Å². The second kappa shape index (κ2) is 11.5. The minimum absolute atomic E-state index is 0.000346. The van der Waals surface area contributed by atoms with Gasteiger partial charge < -0.3 is 19.0 Å². The zero-order valence-corrected chi connectivity index (χ0v) is 29.1. The number of aromatic nitrogens is 3. The fourth-order valence-electron chi connectivity index (χ4n) is 7.60. The van der Waals surface area contributed by atoms with E-state index in [9.17, 15) is 0 Å². The number of hydrogen-bond donors (Lipinski definition) is 0. The lowest BCUT2D eigenvalue weighted by Gasteiger charge is -2.22. The number of pyridine rings is 2. The molecule has 0 aliphatic carbocycles. The Balaban J connectivity index is 1.02. The van der Waals surface area contributed by atoms with Gasteiger partial charge in [0.2, 0.25) is 0 Å². The van der Waals surface area contributed by atoms with Crippen molar-refractivity contribution in [1.82, 2.24) is 14.5 Å². The van der Waals surface area contributed by atoms with Crippen LogP contribution in [-0.4, -0.2) is 21.2 Å². The van der Waals surface area contributed by atoms with Crippen LogP contribution in [0.25, 0.3) is 49.6 Å². The molecular formula is C45H35N5O2. The van der Waals surface area contributed by atoms with Gasteiger partial charge in [0.25, 0.3) is 0 Å². The van der Waals surface area contributed by atoms with Crippen LogP contribution in [0.2, 0.25) is 0 Å². The first kappa shape index (κ1) is 30.2. The Labute approximate surface area is 300 Å². The quantitative estimate of drug-likeness (QED) is 0.181. The number of para-hydroxylation sites is 2. The molecular weight excluding hydrogens is 643 g/mol. The van der Waals surface area contributed by atoms with Crippen LogP contribution in [0, 0.1) is 0 Å². The summed E-state index contributed by atoms with van der Waals surface area (Å²) in [6.45, 7) is 7.28. The number of nitrogens with zero attached hydrogens (tertiary/aromatic N) is 5. The van der Waals surface area contributed by atoms with Crippen molar-refractivity contribution in [3.63, 3.8) is 0 Å². The standard InChI is InChI=1S/C45H35N5O2/c1-45(2,3)29-22-24-46-42(25-29)50-36-15-6-4-13-33(36)34-21-20-32(27-39(34)50)51-31-12-8-11-30(26-31)48-28-49(44-38(48)17-10-23-47-44)37-16-9-19-41-43(37)35-14-5-7-18-40(35)52-41/h4-27H,28H2,1-3H3. The van der Waals surface area contributed by atoms with Crippen LogP contribution < -0.4 is 14.5 Å². The van der Waals surface area contributed by atoms with Crippen molar-refractivity contribution in [2.24, 2.45) is 0 Å². The molecule has 4 aromatic heterocycles. The number of anilines is 4. The molecule has 0 spiro atoms. The maximum atomic E-state index is 6.64. The average molecular weight is 678 g/mol. The molecule has 52 heavy (non-hydrogen) atoms. The third-order valence-electron chi connectivity index (χ3n) is 10.1. The summed E-state index contributed by atoms with van der Waals surface area (Å²) in [6.07, 6.45) is 3.76. The summed E-state index contributed by atoms with van der Waals surface area (Å²) >= 11 is 0. The largest absolute Gasteiger partial charge is 0.457 e. The van der Waals surface area contributed by atoms with Crippen LogP contribution in [0.5, 0.6) is 11.5 Å². The Morgan fingerprint density at radius 3 is 2.27 bits per heavy atom. The summed E-state index contributed by atoms with van der Waals surface area (Å²) in [7, 11) is 0. The van der Waals surface area contributed by atoms with Crippen molar-refractivity contribution in [3.05, 3.63) is 151 Å². The zero-order chi connectivity index (χ0) is 35.0. The van der Waals surface area contributed by atoms with Gasteiger partial charge in [0.15, 0.2) is 5.82 Å². The number of benzene rings is 5. The highest BCUT2D eigenvalue weighted by molar-refractivity contribution is 6.13. The van der Waals surface area contributed by atoms with E-state index in [2.05, 4.69) is 126 Å². The van der Waals surface area contributed by atoms with E-state index >= 15 is 0 Å².